The van der Waals surface area contributed by atoms with Gasteiger partial charge in [0, 0.05) is 18.7 Å². The Morgan fingerprint density at radius 3 is 2.75 bits per heavy atom. The van der Waals surface area contributed by atoms with Gasteiger partial charge in [0.2, 0.25) is 0 Å². The number of aromatic nitrogens is 2. The van der Waals surface area contributed by atoms with Gasteiger partial charge in [-0.1, -0.05) is 11.6 Å². The highest BCUT2D eigenvalue weighted by Crippen LogP contribution is 2.33. The highest BCUT2D eigenvalue weighted by atomic mass is 79.9. The lowest BCUT2D eigenvalue weighted by molar-refractivity contribution is 0.622. The van der Waals surface area contributed by atoms with Crippen molar-refractivity contribution in [2.75, 3.05) is 5.73 Å². The first-order valence-electron chi connectivity index (χ1n) is 4.44. The second-order valence-corrected chi connectivity index (χ2v) is 4.53. The summed E-state index contributed by atoms with van der Waals surface area (Å²) < 4.78 is 15.4. The topological polar surface area (TPSA) is 43.8 Å². The van der Waals surface area contributed by atoms with E-state index in [2.05, 4.69) is 21.0 Å². The van der Waals surface area contributed by atoms with Gasteiger partial charge in [-0.3, -0.25) is 4.68 Å². The smallest absolute Gasteiger partial charge is 0.156 e. The molecule has 0 atom stereocenters. The molecule has 0 aliphatic rings. The van der Waals surface area contributed by atoms with Gasteiger partial charge in [0.15, 0.2) is 5.82 Å². The van der Waals surface area contributed by atoms with Gasteiger partial charge in [0.1, 0.15) is 5.82 Å². The highest BCUT2D eigenvalue weighted by molar-refractivity contribution is 9.10. The van der Waals surface area contributed by atoms with E-state index >= 15 is 0 Å². The van der Waals surface area contributed by atoms with E-state index in [0.717, 1.165) is 0 Å². The molecule has 6 heteroatoms. The third-order valence-electron chi connectivity index (χ3n) is 2.23. The second kappa shape index (κ2) is 4.07. The Hall–Kier alpha value is -1.07. The highest BCUT2D eigenvalue weighted by Gasteiger charge is 2.14. The van der Waals surface area contributed by atoms with Crippen LogP contribution in [0.1, 0.15) is 0 Å². The molecule has 16 heavy (non-hydrogen) atoms. The van der Waals surface area contributed by atoms with E-state index < -0.39 is 5.82 Å². The monoisotopic (exact) mass is 303 g/mol. The average Bonchev–Trinajstić information content (AvgIpc) is 2.56. The molecule has 2 rings (SSSR count). The van der Waals surface area contributed by atoms with Crippen LogP contribution in [0.5, 0.6) is 0 Å². The fourth-order valence-electron chi connectivity index (χ4n) is 1.34. The molecular weight excluding hydrogens is 296 g/mol. The van der Waals surface area contributed by atoms with Crippen LogP contribution in [0, 0.1) is 5.82 Å². The fraction of sp³-hybridized carbons (Fsp3) is 0.100. The normalized spacial score (nSPS) is 10.8. The zero-order chi connectivity index (χ0) is 11.9. The van der Waals surface area contributed by atoms with Crippen molar-refractivity contribution in [3.8, 4) is 11.3 Å². The zero-order valence-electron chi connectivity index (χ0n) is 8.34. The van der Waals surface area contributed by atoms with Gasteiger partial charge in [0.05, 0.1) is 15.2 Å². The van der Waals surface area contributed by atoms with Gasteiger partial charge in [-0.15, -0.1) is 0 Å². The SMILES string of the molecule is Cn1nc(-c2ccc(Br)c(F)c2Cl)cc1N. The molecule has 0 unspecified atom stereocenters. The number of nitrogens with two attached hydrogens (primary N) is 1. The molecule has 0 aliphatic carbocycles. The van der Waals surface area contributed by atoms with E-state index in [4.69, 9.17) is 17.3 Å². The molecule has 3 nitrogen and oxygen atoms in total. The van der Waals surface area contributed by atoms with Gasteiger partial charge in [-0.2, -0.15) is 5.10 Å². The molecule has 2 aromatic rings. The summed E-state index contributed by atoms with van der Waals surface area (Å²) in [5.74, 6) is -0.00205. The molecule has 0 bridgehead atoms. The Morgan fingerprint density at radius 1 is 1.50 bits per heavy atom. The van der Waals surface area contributed by atoms with Crippen molar-refractivity contribution in [2.24, 2.45) is 7.05 Å². The number of hydrogen-bond acceptors (Lipinski definition) is 2. The predicted molar refractivity (Wildman–Crippen MR) is 65.7 cm³/mol. The molecule has 84 valence electrons. The number of rotatable bonds is 1. The third-order valence-corrected chi connectivity index (χ3v) is 3.21. The summed E-state index contributed by atoms with van der Waals surface area (Å²) in [6, 6.07) is 4.92. The van der Waals surface area contributed by atoms with Crippen molar-refractivity contribution in [3.05, 3.63) is 33.5 Å². The van der Waals surface area contributed by atoms with Crippen molar-refractivity contribution >= 4 is 33.3 Å². The van der Waals surface area contributed by atoms with Gasteiger partial charge < -0.3 is 5.73 Å². The first-order valence-corrected chi connectivity index (χ1v) is 5.61. The van der Waals surface area contributed by atoms with E-state index in [9.17, 15) is 4.39 Å². The summed E-state index contributed by atoms with van der Waals surface area (Å²) in [6.07, 6.45) is 0. The van der Waals surface area contributed by atoms with E-state index in [1.54, 1.807) is 25.2 Å². The molecule has 0 aliphatic heterocycles. The van der Waals surface area contributed by atoms with Crippen LogP contribution in [0.25, 0.3) is 11.3 Å². The minimum atomic E-state index is -0.497. The molecule has 0 spiro atoms. The van der Waals surface area contributed by atoms with Crippen molar-refractivity contribution < 1.29 is 4.39 Å². The van der Waals surface area contributed by atoms with Gasteiger partial charge in [0.25, 0.3) is 0 Å². The van der Waals surface area contributed by atoms with Crippen LogP contribution in [0.3, 0.4) is 0 Å². The maximum absolute atomic E-state index is 13.5. The Morgan fingerprint density at radius 2 is 2.19 bits per heavy atom. The lowest BCUT2D eigenvalue weighted by Gasteiger charge is -2.03. The summed E-state index contributed by atoms with van der Waals surface area (Å²) in [4.78, 5) is 0. The quantitative estimate of drug-likeness (QED) is 0.822. The Bertz CT molecular complexity index is 534. The number of benzene rings is 1. The van der Waals surface area contributed by atoms with Crippen LogP contribution in [-0.4, -0.2) is 9.78 Å². The summed E-state index contributed by atoms with van der Waals surface area (Å²) in [5.41, 5.74) is 6.73. The maximum atomic E-state index is 13.5. The number of nitrogens with zero attached hydrogens (tertiary/aromatic N) is 2. The standard InChI is InChI=1S/C10H8BrClFN3/c1-16-8(14)4-7(15-16)5-2-3-6(11)10(13)9(5)12/h2-4H,14H2,1H3. The van der Waals surface area contributed by atoms with Crippen molar-refractivity contribution in [2.45, 2.75) is 0 Å². The number of anilines is 1. The third kappa shape index (κ3) is 1.81. The summed E-state index contributed by atoms with van der Waals surface area (Å²) >= 11 is 8.96. The molecule has 0 fully saturated rings. The zero-order valence-corrected chi connectivity index (χ0v) is 10.7. The molecule has 0 saturated carbocycles. The summed E-state index contributed by atoms with van der Waals surface area (Å²) in [7, 11) is 1.71. The summed E-state index contributed by atoms with van der Waals surface area (Å²) in [6.45, 7) is 0. The Kier molecular flexibility index (Phi) is 2.90. The molecule has 2 N–H and O–H groups in total. The number of aryl methyl sites for hydroxylation is 1. The van der Waals surface area contributed by atoms with E-state index in [1.165, 1.54) is 4.68 Å². The molecule has 1 aromatic heterocycles. The van der Waals surface area contributed by atoms with E-state index in [-0.39, 0.29) is 5.02 Å². The molecule has 0 amide bonds. The van der Waals surface area contributed by atoms with Crippen LogP contribution in [0.4, 0.5) is 10.2 Å². The van der Waals surface area contributed by atoms with Crippen LogP contribution in [0.2, 0.25) is 5.02 Å². The predicted octanol–water partition coefficient (Wildman–Crippen LogP) is 3.22. The van der Waals surface area contributed by atoms with Gasteiger partial charge >= 0.3 is 0 Å². The first kappa shape index (κ1) is 11.4. The van der Waals surface area contributed by atoms with Crippen molar-refractivity contribution in [1.29, 1.82) is 0 Å². The van der Waals surface area contributed by atoms with Crippen LogP contribution in [0.15, 0.2) is 22.7 Å². The Balaban J connectivity index is 2.61. The minimum Gasteiger partial charge on any atom is -0.384 e. The molecule has 0 saturated heterocycles. The Labute approximate surface area is 105 Å². The van der Waals surface area contributed by atoms with E-state index in [1.807, 2.05) is 0 Å². The fourth-order valence-corrected chi connectivity index (χ4v) is 2.04. The van der Waals surface area contributed by atoms with Crippen molar-refractivity contribution in [3.63, 3.8) is 0 Å². The average molecular weight is 305 g/mol. The number of halogens is 3. The van der Waals surface area contributed by atoms with Crippen LogP contribution >= 0.6 is 27.5 Å². The molecular formula is C10H8BrClFN3. The lowest BCUT2D eigenvalue weighted by atomic mass is 10.1. The second-order valence-electron chi connectivity index (χ2n) is 3.30. The van der Waals surface area contributed by atoms with Crippen LogP contribution < -0.4 is 5.73 Å². The number of nitrogen functional groups attached to an aromatic ring is 1. The number of hydrogen-bond donors (Lipinski definition) is 1. The van der Waals surface area contributed by atoms with Gasteiger partial charge in [-0.05, 0) is 28.1 Å². The molecule has 0 radical (unpaired) electrons. The van der Waals surface area contributed by atoms with Crippen LogP contribution in [-0.2, 0) is 7.05 Å². The van der Waals surface area contributed by atoms with Crippen molar-refractivity contribution in [1.82, 2.24) is 9.78 Å². The minimum absolute atomic E-state index is 0.0347. The largest absolute Gasteiger partial charge is 0.384 e. The first-order chi connectivity index (χ1) is 7.50. The van der Waals surface area contributed by atoms with E-state index in [0.29, 0.717) is 21.5 Å². The lowest BCUT2D eigenvalue weighted by Crippen LogP contribution is -1.96. The summed E-state index contributed by atoms with van der Waals surface area (Å²) in [5, 5.41) is 4.17. The van der Waals surface area contributed by atoms with Gasteiger partial charge in [-0.25, -0.2) is 4.39 Å². The molecule has 1 heterocycles. The maximum Gasteiger partial charge on any atom is 0.156 e. The molecule has 1 aromatic carbocycles.